The maximum Gasteiger partial charge on any atom is 0.154 e. The van der Waals surface area contributed by atoms with Crippen LogP contribution in [0.4, 0.5) is 0 Å². The molecule has 0 atom stereocenters. The molecule has 0 aliphatic rings. The fourth-order valence-electron chi connectivity index (χ4n) is 2.45. The van der Waals surface area contributed by atoms with Crippen LogP contribution < -0.4 is 0 Å². The molecule has 3 aromatic heterocycles. The summed E-state index contributed by atoms with van der Waals surface area (Å²) in [6.45, 7) is 1.98. The van der Waals surface area contributed by atoms with Gasteiger partial charge in [0.25, 0.3) is 0 Å². The molecule has 0 saturated heterocycles. The number of aromatic amines is 1. The first kappa shape index (κ1) is 11.8. The van der Waals surface area contributed by atoms with Crippen LogP contribution in [0.1, 0.15) is 5.69 Å². The number of nitrogens with zero attached hydrogens (tertiary/aromatic N) is 4. The van der Waals surface area contributed by atoms with E-state index < -0.39 is 0 Å². The molecule has 5 nitrogen and oxygen atoms in total. The fraction of sp³-hybridized carbons (Fsp3) is 0.0625. The molecule has 102 valence electrons. The Morgan fingerprint density at radius 2 is 2.05 bits per heavy atom. The Balaban J connectivity index is 1.88. The molecule has 0 aliphatic heterocycles. The third-order valence-corrected chi connectivity index (χ3v) is 3.47. The van der Waals surface area contributed by atoms with Crippen LogP contribution >= 0.6 is 0 Å². The van der Waals surface area contributed by atoms with Crippen molar-refractivity contribution in [3.8, 4) is 17.1 Å². The number of hydrogen-bond acceptors (Lipinski definition) is 3. The van der Waals surface area contributed by atoms with Gasteiger partial charge in [-0.1, -0.05) is 12.1 Å². The maximum absolute atomic E-state index is 4.54. The molecular weight excluding hydrogens is 262 g/mol. The molecule has 0 spiro atoms. The Kier molecular flexibility index (Phi) is 2.57. The lowest BCUT2D eigenvalue weighted by molar-refractivity contribution is 0.848. The summed E-state index contributed by atoms with van der Waals surface area (Å²) in [6, 6.07) is 14.1. The smallest absolute Gasteiger partial charge is 0.154 e. The first-order valence-corrected chi connectivity index (χ1v) is 6.73. The Bertz CT molecular complexity index is 919. The van der Waals surface area contributed by atoms with E-state index >= 15 is 0 Å². The summed E-state index contributed by atoms with van der Waals surface area (Å²) in [5, 5.41) is 12.5. The minimum absolute atomic E-state index is 0.822. The number of H-pyrrole nitrogens is 1. The van der Waals surface area contributed by atoms with Gasteiger partial charge in [-0.2, -0.15) is 10.2 Å². The predicted octanol–water partition coefficient (Wildman–Crippen LogP) is 3.12. The Hall–Kier alpha value is -2.95. The van der Waals surface area contributed by atoms with E-state index in [0.29, 0.717) is 0 Å². The van der Waals surface area contributed by atoms with Crippen LogP contribution in [0.15, 0.2) is 54.9 Å². The minimum atomic E-state index is 0.822. The Morgan fingerprint density at radius 3 is 2.95 bits per heavy atom. The Morgan fingerprint density at radius 1 is 1.10 bits per heavy atom. The lowest BCUT2D eigenvalue weighted by Gasteiger charge is -2.07. The lowest BCUT2D eigenvalue weighted by atomic mass is 10.1. The predicted molar refractivity (Wildman–Crippen MR) is 81.2 cm³/mol. The van der Waals surface area contributed by atoms with Crippen LogP contribution in [0.25, 0.3) is 28.0 Å². The largest absolute Gasteiger partial charge is 0.278 e. The van der Waals surface area contributed by atoms with Gasteiger partial charge in [-0.25, -0.2) is 9.67 Å². The van der Waals surface area contributed by atoms with Crippen molar-refractivity contribution in [1.82, 2.24) is 25.0 Å². The van der Waals surface area contributed by atoms with Crippen molar-refractivity contribution in [2.24, 2.45) is 0 Å². The SMILES string of the molecule is Cc1cccc(-n2nccc2-c2ccc3[nH]ncc3c2)n1. The third-order valence-electron chi connectivity index (χ3n) is 3.47. The number of hydrogen-bond donors (Lipinski definition) is 1. The van der Waals surface area contributed by atoms with Gasteiger partial charge in [0.2, 0.25) is 0 Å². The molecule has 0 amide bonds. The van der Waals surface area contributed by atoms with E-state index in [-0.39, 0.29) is 0 Å². The summed E-state index contributed by atoms with van der Waals surface area (Å²) < 4.78 is 1.86. The normalized spacial score (nSPS) is 11.1. The molecule has 21 heavy (non-hydrogen) atoms. The minimum Gasteiger partial charge on any atom is -0.278 e. The standard InChI is InChI=1S/C16H13N5/c1-11-3-2-4-16(19-11)21-15(7-8-18-21)12-5-6-14-13(9-12)10-17-20-14/h2-10H,1H3,(H,17,20). The lowest BCUT2D eigenvalue weighted by Crippen LogP contribution is -2.02. The summed E-state index contributed by atoms with van der Waals surface area (Å²) in [7, 11) is 0. The summed E-state index contributed by atoms with van der Waals surface area (Å²) >= 11 is 0. The molecule has 5 heteroatoms. The number of fused-ring (bicyclic) bond motifs is 1. The van der Waals surface area contributed by atoms with Gasteiger partial charge >= 0.3 is 0 Å². The highest BCUT2D eigenvalue weighted by Crippen LogP contribution is 2.24. The third kappa shape index (κ3) is 1.99. The van der Waals surface area contributed by atoms with Gasteiger partial charge in [-0.3, -0.25) is 5.10 Å². The van der Waals surface area contributed by atoms with E-state index in [2.05, 4.69) is 32.4 Å². The van der Waals surface area contributed by atoms with Gasteiger partial charge in [0, 0.05) is 16.6 Å². The maximum atomic E-state index is 4.54. The van der Waals surface area contributed by atoms with E-state index in [1.165, 1.54) is 0 Å². The van der Waals surface area contributed by atoms with Crippen LogP contribution in [-0.4, -0.2) is 25.0 Å². The number of pyridine rings is 1. The zero-order valence-electron chi connectivity index (χ0n) is 11.5. The van der Waals surface area contributed by atoms with Gasteiger partial charge in [-0.15, -0.1) is 0 Å². The van der Waals surface area contributed by atoms with Crippen molar-refractivity contribution in [1.29, 1.82) is 0 Å². The molecule has 0 unspecified atom stereocenters. The molecular formula is C16H13N5. The number of benzene rings is 1. The highest BCUT2D eigenvalue weighted by atomic mass is 15.3. The zero-order valence-corrected chi connectivity index (χ0v) is 11.5. The quantitative estimate of drug-likeness (QED) is 0.611. The van der Waals surface area contributed by atoms with Gasteiger partial charge in [0.15, 0.2) is 5.82 Å². The molecule has 4 aromatic rings. The van der Waals surface area contributed by atoms with Gasteiger partial charge in [0.1, 0.15) is 0 Å². The second-order valence-electron chi connectivity index (χ2n) is 4.94. The summed E-state index contributed by atoms with van der Waals surface area (Å²) in [4.78, 5) is 4.54. The number of aromatic nitrogens is 5. The molecule has 0 fully saturated rings. The van der Waals surface area contributed by atoms with E-state index in [0.717, 1.165) is 33.7 Å². The van der Waals surface area contributed by atoms with Crippen molar-refractivity contribution in [2.45, 2.75) is 6.92 Å². The number of nitrogens with one attached hydrogen (secondary N) is 1. The van der Waals surface area contributed by atoms with Crippen LogP contribution in [0, 0.1) is 6.92 Å². The second kappa shape index (κ2) is 4.56. The van der Waals surface area contributed by atoms with Gasteiger partial charge in [0.05, 0.1) is 23.6 Å². The van der Waals surface area contributed by atoms with Crippen molar-refractivity contribution < 1.29 is 0 Å². The highest BCUT2D eigenvalue weighted by Gasteiger charge is 2.09. The van der Waals surface area contributed by atoms with E-state index in [1.54, 1.807) is 6.20 Å². The summed E-state index contributed by atoms with van der Waals surface area (Å²) in [5.41, 5.74) is 4.10. The monoisotopic (exact) mass is 275 g/mol. The van der Waals surface area contributed by atoms with Gasteiger partial charge in [-0.05, 0) is 37.3 Å². The molecule has 4 rings (SSSR count). The molecule has 0 aliphatic carbocycles. The molecule has 0 radical (unpaired) electrons. The van der Waals surface area contributed by atoms with Crippen LogP contribution in [0.2, 0.25) is 0 Å². The topological polar surface area (TPSA) is 59.4 Å². The molecule has 1 aromatic carbocycles. The number of rotatable bonds is 2. The first-order chi connectivity index (χ1) is 10.3. The van der Waals surface area contributed by atoms with Crippen molar-refractivity contribution in [3.05, 3.63) is 60.6 Å². The second-order valence-corrected chi connectivity index (χ2v) is 4.94. The molecule has 0 saturated carbocycles. The average Bonchev–Trinajstić information content (AvgIpc) is 3.15. The van der Waals surface area contributed by atoms with Gasteiger partial charge < -0.3 is 0 Å². The van der Waals surface area contributed by atoms with Crippen molar-refractivity contribution in [3.63, 3.8) is 0 Å². The van der Waals surface area contributed by atoms with Crippen LogP contribution in [0.5, 0.6) is 0 Å². The highest BCUT2D eigenvalue weighted by molar-refractivity contribution is 5.83. The zero-order chi connectivity index (χ0) is 14.2. The van der Waals surface area contributed by atoms with Crippen LogP contribution in [0.3, 0.4) is 0 Å². The average molecular weight is 275 g/mol. The van der Waals surface area contributed by atoms with E-state index in [4.69, 9.17) is 0 Å². The molecule has 1 N–H and O–H groups in total. The number of aryl methyl sites for hydroxylation is 1. The molecule has 0 bridgehead atoms. The van der Waals surface area contributed by atoms with E-state index in [9.17, 15) is 0 Å². The van der Waals surface area contributed by atoms with Crippen LogP contribution in [-0.2, 0) is 0 Å². The summed E-state index contributed by atoms with van der Waals surface area (Å²) in [5.74, 6) is 0.822. The first-order valence-electron chi connectivity index (χ1n) is 6.73. The summed E-state index contributed by atoms with van der Waals surface area (Å²) in [6.07, 6.45) is 3.61. The molecule has 3 heterocycles. The van der Waals surface area contributed by atoms with Crippen molar-refractivity contribution >= 4 is 10.9 Å². The van der Waals surface area contributed by atoms with E-state index in [1.807, 2.05) is 48.1 Å². The van der Waals surface area contributed by atoms with Crippen molar-refractivity contribution in [2.75, 3.05) is 0 Å². The Labute approximate surface area is 121 Å². The fourth-order valence-corrected chi connectivity index (χ4v) is 2.45.